The van der Waals surface area contributed by atoms with Gasteiger partial charge in [-0.15, -0.1) is 0 Å². The van der Waals surface area contributed by atoms with Crippen LogP contribution in [-0.4, -0.2) is 19.0 Å². The molecule has 0 saturated heterocycles. The van der Waals surface area contributed by atoms with Gasteiger partial charge in [-0.05, 0) is 54.2 Å². The van der Waals surface area contributed by atoms with Gasteiger partial charge in [-0.2, -0.15) is 0 Å². The average Bonchev–Trinajstić information content (AvgIpc) is 2.98. The largest absolute Gasteiger partial charge is 0.465 e. The second kappa shape index (κ2) is 6.65. The SMILES string of the molecule is COC(=O)c1ccc(NC(=O)CC2CCc3ccccc32)cc1. The number of aryl methyl sites for hydroxylation is 1. The maximum atomic E-state index is 12.3. The molecule has 0 aromatic heterocycles. The molecule has 23 heavy (non-hydrogen) atoms. The van der Waals surface area contributed by atoms with Crippen molar-refractivity contribution >= 4 is 17.6 Å². The number of anilines is 1. The second-order valence-electron chi connectivity index (χ2n) is 5.76. The number of benzene rings is 2. The fourth-order valence-electron chi connectivity index (χ4n) is 3.10. The number of ether oxygens (including phenoxy) is 1. The van der Waals surface area contributed by atoms with E-state index in [4.69, 9.17) is 0 Å². The first-order chi connectivity index (χ1) is 11.2. The molecule has 4 heteroatoms. The van der Waals surface area contributed by atoms with Gasteiger partial charge in [0, 0.05) is 12.1 Å². The van der Waals surface area contributed by atoms with Gasteiger partial charge in [0.05, 0.1) is 12.7 Å². The molecule has 1 N–H and O–H groups in total. The van der Waals surface area contributed by atoms with Gasteiger partial charge in [-0.25, -0.2) is 4.79 Å². The first-order valence-electron chi connectivity index (χ1n) is 7.73. The van der Waals surface area contributed by atoms with Crippen molar-refractivity contribution in [3.8, 4) is 0 Å². The molecule has 4 nitrogen and oxygen atoms in total. The van der Waals surface area contributed by atoms with Crippen LogP contribution < -0.4 is 5.32 Å². The van der Waals surface area contributed by atoms with E-state index in [0.717, 1.165) is 12.8 Å². The lowest BCUT2D eigenvalue weighted by Crippen LogP contribution is -2.14. The zero-order chi connectivity index (χ0) is 16.2. The van der Waals surface area contributed by atoms with E-state index in [1.165, 1.54) is 18.2 Å². The number of nitrogens with one attached hydrogen (secondary N) is 1. The van der Waals surface area contributed by atoms with Crippen LogP contribution in [0.1, 0.15) is 40.2 Å². The summed E-state index contributed by atoms with van der Waals surface area (Å²) >= 11 is 0. The van der Waals surface area contributed by atoms with Crippen molar-refractivity contribution in [1.82, 2.24) is 0 Å². The zero-order valence-corrected chi connectivity index (χ0v) is 13.0. The van der Waals surface area contributed by atoms with Crippen molar-refractivity contribution in [2.45, 2.75) is 25.2 Å². The van der Waals surface area contributed by atoms with E-state index < -0.39 is 0 Å². The Morgan fingerprint density at radius 3 is 2.61 bits per heavy atom. The third kappa shape index (κ3) is 3.42. The molecule has 1 aliphatic rings. The molecule has 0 spiro atoms. The third-order valence-corrected chi connectivity index (χ3v) is 4.28. The Kier molecular flexibility index (Phi) is 4.42. The van der Waals surface area contributed by atoms with Crippen LogP contribution in [0.25, 0.3) is 0 Å². The Morgan fingerprint density at radius 1 is 1.13 bits per heavy atom. The maximum Gasteiger partial charge on any atom is 0.337 e. The summed E-state index contributed by atoms with van der Waals surface area (Å²) in [6.07, 6.45) is 2.55. The maximum absolute atomic E-state index is 12.3. The van der Waals surface area contributed by atoms with E-state index in [-0.39, 0.29) is 11.9 Å². The van der Waals surface area contributed by atoms with Crippen LogP contribution in [0.3, 0.4) is 0 Å². The van der Waals surface area contributed by atoms with Crippen LogP contribution in [0.2, 0.25) is 0 Å². The van der Waals surface area contributed by atoms with E-state index in [1.807, 2.05) is 12.1 Å². The molecule has 0 saturated carbocycles. The number of esters is 1. The molecule has 1 unspecified atom stereocenters. The lowest BCUT2D eigenvalue weighted by atomic mass is 9.97. The standard InChI is InChI=1S/C19H19NO3/c1-23-19(22)14-8-10-16(11-9-14)20-18(21)12-15-7-6-13-4-2-3-5-17(13)15/h2-5,8-11,15H,6-7,12H2,1H3,(H,20,21). The molecule has 1 atom stereocenters. The molecule has 1 aliphatic carbocycles. The Hall–Kier alpha value is -2.62. The lowest BCUT2D eigenvalue weighted by molar-refractivity contribution is -0.116. The molecule has 2 aromatic carbocycles. The predicted octanol–water partition coefficient (Wildman–Crippen LogP) is 3.53. The van der Waals surface area contributed by atoms with Crippen LogP contribution in [0.4, 0.5) is 5.69 Å². The number of hydrogen-bond donors (Lipinski definition) is 1. The number of fused-ring (bicyclic) bond motifs is 1. The molecule has 2 aromatic rings. The number of carbonyl (C=O) groups is 2. The molecule has 0 radical (unpaired) electrons. The van der Waals surface area contributed by atoms with Crippen LogP contribution in [0, 0.1) is 0 Å². The monoisotopic (exact) mass is 309 g/mol. The molecule has 0 heterocycles. The summed E-state index contributed by atoms with van der Waals surface area (Å²) in [7, 11) is 1.34. The van der Waals surface area contributed by atoms with E-state index in [0.29, 0.717) is 23.6 Å². The Balaban J connectivity index is 1.61. The fourth-order valence-corrected chi connectivity index (χ4v) is 3.10. The van der Waals surface area contributed by atoms with Crippen LogP contribution in [0.5, 0.6) is 0 Å². The van der Waals surface area contributed by atoms with E-state index in [9.17, 15) is 9.59 Å². The highest BCUT2D eigenvalue weighted by molar-refractivity contribution is 5.93. The van der Waals surface area contributed by atoms with Crippen molar-refractivity contribution in [2.75, 3.05) is 12.4 Å². The summed E-state index contributed by atoms with van der Waals surface area (Å²) in [5.41, 5.74) is 3.81. The zero-order valence-electron chi connectivity index (χ0n) is 13.0. The van der Waals surface area contributed by atoms with Crippen molar-refractivity contribution < 1.29 is 14.3 Å². The topological polar surface area (TPSA) is 55.4 Å². The number of hydrogen-bond acceptors (Lipinski definition) is 3. The van der Waals surface area contributed by atoms with Gasteiger partial charge in [-0.3, -0.25) is 4.79 Å². The number of carbonyl (C=O) groups excluding carboxylic acids is 2. The van der Waals surface area contributed by atoms with Gasteiger partial charge in [0.25, 0.3) is 0 Å². The summed E-state index contributed by atoms with van der Waals surface area (Å²) in [6.45, 7) is 0. The van der Waals surface area contributed by atoms with E-state index in [2.05, 4.69) is 22.2 Å². The van der Waals surface area contributed by atoms with Crippen molar-refractivity contribution in [2.24, 2.45) is 0 Å². The molecule has 0 bridgehead atoms. The first kappa shape index (κ1) is 15.3. The molecule has 0 aliphatic heterocycles. The highest BCUT2D eigenvalue weighted by Gasteiger charge is 2.24. The third-order valence-electron chi connectivity index (χ3n) is 4.28. The van der Waals surface area contributed by atoms with Crippen LogP contribution in [-0.2, 0) is 16.0 Å². The van der Waals surface area contributed by atoms with Gasteiger partial charge in [0.15, 0.2) is 0 Å². The lowest BCUT2D eigenvalue weighted by Gasteiger charge is -2.12. The quantitative estimate of drug-likeness (QED) is 0.879. The van der Waals surface area contributed by atoms with Gasteiger partial charge < -0.3 is 10.1 Å². The summed E-state index contributed by atoms with van der Waals surface area (Å²) in [5.74, 6) is -0.0940. The predicted molar refractivity (Wildman–Crippen MR) is 88.5 cm³/mol. The summed E-state index contributed by atoms with van der Waals surface area (Å²) in [4.78, 5) is 23.6. The molecule has 0 fully saturated rings. The molecule has 118 valence electrons. The number of rotatable bonds is 4. The Morgan fingerprint density at radius 2 is 1.87 bits per heavy atom. The molecular weight excluding hydrogens is 290 g/mol. The Labute approximate surface area is 135 Å². The minimum atomic E-state index is -0.384. The van der Waals surface area contributed by atoms with Gasteiger partial charge in [0.1, 0.15) is 0 Å². The highest BCUT2D eigenvalue weighted by atomic mass is 16.5. The van der Waals surface area contributed by atoms with Crippen molar-refractivity contribution in [3.05, 3.63) is 65.2 Å². The molecular formula is C19H19NO3. The average molecular weight is 309 g/mol. The number of amides is 1. The minimum absolute atomic E-state index is 0.00230. The highest BCUT2D eigenvalue weighted by Crippen LogP contribution is 2.35. The molecule has 1 amide bonds. The van der Waals surface area contributed by atoms with Crippen molar-refractivity contribution in [3.63, 3.8) is 0 Å². The van der Waals surface area contributed by atoms with Gasteiger partial charge >= 0.3 is 5.97 Å². The van der Waals surface area contributed by atoms with Crippen LogP contribution in [0.15, 0.2) is 48.5 Å². The van der Waals surface area contributed by atoms with Crippen LogP contribution >= 0.6 is 0 Å². The van der Waals surface area contributed by atoms with Gasteiger partial charge in [-0.1, -0.05) is 24.3 Å². The Bertz CT molecular complexity index is 722. The summed E-state index contributed by atoms with van der Waals surface area (Å²) < 4.78 is 4.65. The normalized spacial score (nSPS) is 15.8. The van der Waals surface area contributed by atoms with E-state index in [1.54, 1.807) is 24.3 Å². The van der Waals surface area contributed by atoms with Crippen molar-refractivity contribution in [1.29, 1.82) is 0 Å². The second-order valence-corrected chi connectivity index (χ2v) is 5.76. The minimum Gasteiger partial charge on any atom is -0.465 e. The summed E-state index contributed by atoms with van der Waals surface area (Å²) in [5, 5.41) is 2.89. The first-order valence-corrected chi connectivity index (χ1v) is 7.73. The number of methoxy groups -OCH3 is 1. The smallest absolute Gasteiger partial charge is 0.337 e. The van der Waals surface area contributed by atoms with E-state index >= 15 is 0 Å². The fraction of sp³-hybridized carbons (Fsp3) is 0.263. The van der Waals surface area contributed by atoms with Gasteiger partial charge in [0.2, 0.25) is 5.91 Å². The molecule has 3 rings (SSSR count). The summed E-state index contributed by atoms with van der Waals surface area (Å²) in [6, 6.07) is 15.0.